The van der Waals surface area contributed by atoms with E-state index in [4.69, 9.17) is 9.47 Å². The van der Waals surface area contributed by atoms with Gasteiger partial charge in [0.15, 0.2) is 11.5 Å². The zero-order valence-corrected chi connectivity index (χ0v) is 12.9. The van der Waals surface area contributed by atoms with Crippen molar-refractivity contribution < 1.29 is 9.47 Å². The highest BCUT2D eigenvalue weighted by atomic mass is 79.9. The number of hydrogen-bond acceptors (Lipinski definition) is 3. The van der Waals surface area contributed by atoms with Crippen LogP contribution in [0.2, 0.25) is 0 Å². The van der Waals surface area contributed by atoms with Crippen LogP contribution in [0.3, 0.4) is 0 Å². The van der Waals surface area contributed by atoms with Gasteiger partial charge in [0, 0.05) is 5.56 Å². The van der Waals surface area contributed by atoms with Gasteiger partial charge in [0.05, 0.1) is 4.47 Å². The van der Waals surface area contributed by atoms with Gasteiger partial charge in [0.25, 0.3) is 0 Å². The summed E-state index contributed by atoms with van der Waals surface area (Å²) in [5, 5.41) is 3.49. The minimum absolute atomic E-state index is 0.343. The summed E-state index contributed by atoms with van der Waals surface area (Å²) in [6.45, 7) is 4.83. The topological polar surface area (TPSA) is 30.5 Å². The van der Waals surface area contributed by atoms with Gasteiger partial charge in [0.2, 0.25) is 6.79 Å². The number of halogens is 1. The predicted molar refractivity (Wildman–Crippen MR) is 78.9 cm³/mol. The third-order valence-electron chi connectivity index (χ3n) is 4.05. The van der Waals surface area contributed by atoms with Crippen molar-refractivity contribution in [3.63, 3.8) is 0 Å². The van der Waals surface area contributed by atoms with Crippen LogP contribution in [0.5, 0.6) is 11.5 Å². The first kappa shape index (κ1) is 13.3. The van der Waals surface area contributed by atoms with Gasteiger partial charge in [-0.3, -0.25) is 0 Å². The number of fused-ring (bicyclic) bond motifs is 1. The molecule has 0 aliphatic carbocycles. The van der Waals surface area contributed by atoms with E-state index in [-0.39, 0.29) is 0 Å². The number of hydrogen-bond donors (Lipinski definition) is 1. The molecule has 0 bridgehead atoms. The molecule has 4 heteroatoms. The van der Waals surface area contributed by atoms with Crippen LogP contribution in [0, 0.1) is 5.92 Å². The fraction of sp³-hybridized carbons (Fsp3) is 0.600. The van der Waals surface area contributed by atoms with E-state index in [1.807, 2.05) is 0 Å². The van der Waals surface area contributed by atoms with Crippen LogP contribution in [0.1, 0.15) is 30.9 Å². The van der Waals surface area contributed by atoms with Crippen LogP contribution < -0.4 is 14.8 Å². The minimum atomic E-state index is 0.343. The van der Waals surface area contributed by atoms with E-state index < -0.39 is 0 Å². The molecule has 2 heterocycles. The summed E-state index contributed by atoms with van der Waals surface area (Å²) in [5.74, 6) is 2.57. The minimum Gasteiger partial charge on any atom is -0.453 e. The van der Waals surface area contributed by atoms with Crippen molar-refractivity contribution in [3.8, 4) is 11.5 Å². The molecule has 0 saturated carbocycles. The largest absolute Gasteiger partial charge is 0.453 e. The fourth-order valence-electron chi connectivity index (χ4n) is 3.11. The molecule has 1 fully saturated rings. The molecule has 3 rings (SSSR count). The summed E-state index contributed by atoms with van der Waals surface area (Å²) in [6, 6.07) is 2.22. The Balaban J connectivity index is 1.89. The van der Waals surface area contributed by atoms with Crippen molar-refractivity contribution in [2.45, 2.75) is 32.6 Å². The molecular weight excluding hydrogens is 306 g/mol. The van der Waals surface area contributed by atoms with Crippen molar-refractivity contribution in [1.82, 2.24) is 5.32 Å². The molecular formula is C15H20BrNO2. The number of benzene rings is 1. The third-order valence-corrected chi connectivity index (χ3v) is 4.64. The van der Waals surface area contributed by atoms with Crippen LogP contribution >= 0.6 is 15.9 Å². The molecule has 104 valence electrons. The van der Waals surface area contributed by atoms with Gasteiger partial charge in [-0.25, -0.2) is 0 Å². The van der Waals surface area contributed by atoms with Crippen LogP contribution in [0.25, 0.3) is 0 Å². The average Bonchev–Trinajstić information content (AvgIpc) is 2.90. The Hall–Kier alpha value is -0.740. The van der Waals surface area contributed by atoms with Crippen molar-refractivity contribution in [2.75, 3.05) is 19.9 Å². The SMILES string of the molecule is CCc1c(CC2CCCNC2)cc(Br)c2c1OCO2. The highest BCUT2D eigenvalue weighted by Gasteiger charge is 2.25. The zero-order valence-electron chi connectivity index (χ0n) is 11.3. The Morgan fingerprint density at radius 1 is 1.37 bits per heavy atom. The maximum atomic E-state index is 5.66. The van der Waals surface area contributed by atoms with Gasteiger partial charge in [-0.2, -0.15) is 0 Å². The second-order valence-corrected chi connectivity index (χ2v) is 6.19. The molecule has 0 radical (unpaired) electrons. The lowest BCUT2D eigenvalue weighted by molar-refractivity contribution is 0.172. The molecule has 1 unspecified atom stereocenters. The summed E-state index contributed by atoms with van der Waals surface area (Å²) in [7, 11) is 0. The maximum absolute atomic E-state index is 5.66. The van der Waals surface area contributed by atoms with Crippen molar-refractivity contribution in [3.05, 3.63) is 21.7 Å². The normalized spacial score (nSPS) is 21.7. The van der Waals surface area contributed by atoms with E-state index in [2.05, 4.69) is 34.2 Å². The van der Waals surface area contributed by atoms with Gasteiger partial charge < -0.3 is 14.8 Å². The lowest BCUT2D eigenvalue weighted by Gasteiger charge is -2.24. The summed E-state index contributed by atoms with van der Waals surface area (Å²) in [6.07, 6.45) is 4.74. The lowest BCUT2D eigenvalue weighted by Crippen LogP contribution is -2.31. The van der Waals surface area contributed by atoms with E-state index in [0.29, 0.717) is 6.79 Å². The van der Waals surface area contributed by atoms with E-state index >= 15 is 0 Å². The van der Waals surface area contributed by atoms with Crippen molar-refractivity contribution >= 4 is 15.9 Å². The van der Waals surface area contributed by atoms with E-state index in [0.717, 1.165) is 41.3 Å². The van der Waals surface area contributed by atoms with Gasteiger partial charge in [-0.1, -0.05) is 6.92 Å². The summed E-state index contributed by atoms with van der Waals surface area (Å²) < 4.78 is 12.2. The highest BCUT2D eigenvalue weighted by Crippen LogP contribution is 2.44. The van der Waals surface area contributed by atoms with E-state index in [9.17, 15) is 0 Å². The van der Waals surface area contributed by atoms with Crippen LogP contribution in [-0.2, 0) is 12.8 Å². The van der Waals surface area contributed by atoms with Crippen LogP contribution in [0.15, 0.2) is 10.5 Å². The number of ether oxygens (including phenoxy) is 2. The second-order valence-electron chi connectivity index (χ2n) is 5.33. The Labute approximate surface area is 122 Å². The number of nitrogens with one attached hydrogen (secondary N) is 1. The Kier molecular flexibility index (Phi) is 3.99. The predicted octanol–water partition coefficient (Wildman–Crippen LogP) is 3.28. The molecule has 2 aliphatic rings. The smallest absolute Gasteiger partial charge is 0.231 e. The molecule has 1 aromatic carbocycles. The molecule has 2 aliphatic heterocycles. The zero-order chi connectivity index (χ0) is 13.2. The molecule has 0 amide bonds. The lowest BCUT2D eigenvalue weighted by atomic mass is 9.89. The summed E-state index contributed by atoms with van der Waals surface area (Å²) >= 11 is 3.61. The second kappa shape index (κ2) is 5.71. The van der Waals surface area contributed by atoms with Crippen LogP contribution in [-0.4, -0.2) is 19.9 Å². The summed E-state index contributed by atoms with van der Waals surface area (Å²) in [4.78, 5) is 0. The first-order valence-electron chi connectivity index (χ1n) is 7.10. The molecule has 1 saturated heterocycles. The number of piperidine rings is 1. The molecule has 0 spiro atoms. The third kappa shape index (κ3) is 2.61. The molecule has 19 heavy (non-hydrogen) atoms. The summed E-state index contributed by atoms with van der Waals surface area (Å²) in [5.41, 5.74) is 2.73. The standard InChI is InChI=1S/C15H20BrNO2/c1-2-12-11(6-10-4-3-5-17-8-10)7-13(16)15-14(12)18-9-19-15/h7,10,17H,2-6,8-9H2,1H3. The molecule has 1 aromatic rings. The molecule has 3 nitrogen and oxygen atoms in total. The maximum Gasteiger partial charge on any atom is 0.231 e. The first-order chi connectivity index (χ1) is 9.29. The first-order valence-corrected chi connectivity index (χ1v) is 7.89. The van der Waals surface area contributed by atoms with Gasteiger partial charge >= 0.3 is 0 Å². The Bertz CT molecular complexity index is 470. The highest BCUT2D eigenvalue weighted by molar-refractivity contribution is 9.10. The van der Waals surface area contributed by atoms with Gasteiger partial charge in [-0.05, 0) is 72.3 Å². The molecule has 1 N–H and O–H groups in total. The van der Waals surface area contributed by atoms with E-state index in [1.54, 1.807) is 0 Å². The molecule has 1 atom stereocenters. The van der Waals surface area contributed by atoms with Gasteiger partial charge in [0.1, 0.15) is 0 Å². The monoisotopic (exact) mass is 325 g/mol. The van der Waals surface area contributed by atoms with Gasteiger partial charge in [-0.15, -0.1) is 0 Å². The molecule has 0 aromatic heterocycles. The van der Waals surface area contributed by atoms with Crippen molar-refractivity contribution in [2.24, 2.45) is 5.92 Å². The fourth-order valence-corrected chi connectivity index (χ4v) is 3.68. The Morgan fingerprint density at radius 2 is 2.21 bits per heavy atom. The quantitative estimate of drug-likeness (QED) is 0.925. The van der Waals surface area contributed by atoms with E-state index in [1.165, 1.54) is 30.5 Å². The van der Waals surface area contributed by atoms with Crippen LogP contribution in [0.4, 0.5) is 0 Å². The number of rotatable bonds is 3. The average molecular weight is 326 g/mol. The Morgan fingerprint density at radius 3 is 2.95 bits per heavy atom. The van der Waals surface area contributed by atoms with Crippen molar-refractivity contribution in [1.29, 1.82) is 0 Å².